The number of nitrogens with zero attached hydrogens (tertiary/aromatic N) is 1. The van der Waals surface area contributed by atoms with Crippen molar-refractivity contribution in [1.82, 2.24) is 4.57 Å². The lowest BCUT2D eigenvalue weighted by Gasteiger charge is -2.01. The first kappa shape index (κ1) is 8.26. The van der Waals surface area contributed by atoms with Crippen LogP contribution in [0, 0.1) is 6.92 Å². The van der Waals surface area contributed by atoms with Crippen LogP contribution in [0.1, 0.15) is 5.56 Å². The molecule has 2 aromatic heterocycles. The van der Waals surface area contributed by atoms with Gasteiger partial charge in [0.05, 0.1) is 0 Å². The smallest absolute Gasteiger partial charge is 0.255 e. The number of aromatic nitrogens is 1. The Bertz CT molecular complexity index is 456. The highest BCUT2D eigenvalue weighted by Gasteiger charge is 1.98. The second-order valence-corrected chi connectivity index (χ2v) is 3.79. The van der Waals surface area contributed by atoms with Gasteiger partial charge < -0.3 is 0 Å². The van der Waals surface area contributed by atoms with E-state index in [1.807, 2.05) is 36.7 Å². The zero-order valence-electron chi connectivity index (χ0n) is 7.23. The van der Waals surface area contributed by atoms with E-state index in [0.717, 1.165) is 10.6 Å². The Morgan fingerprint density at radius 3 is 2.85 bits per heavy atom. The zero-order chi connectivity index (χ0) is 9.26. The highest BCUT2D eigenvalue weighted by molar-refractivity contribution is 7.12. The number of rotatable bonds is 1. The van der Waals surface area contributed by atoms with Crippen molar-refractivity contribution in [1.29, 1.82) is 0 Å². The monoisotopic (exact) mass is 191 g/mol. The molecule has 0 N–H and O–H groups in total. The second kappa shape index (κ2) is 3.18. The van der Waals surface area contributed by atoms with Crippen molar-refractivity contribution in [2.45, 2.75) is 6.92 Å². The highest BCUT2D eigenvalue weighted by Crippen LogP contribution is 2.12. The molecule has 66 valence electrons. The van der Waals surface area contributed by atoms with Gasteiger partial charge in [0, 0.05) is 12.3 Å². The molecule has 0 aliphatic carbocycles. The third-order valence-corrected chi connectivity index (χ3v) is 2.67. The predicted molar refractivity (Wildman–Crippen MR) is 54.7 cm³/mol. The number of hydrogen-bond acceptors (Lipinski definition) is 2. The minimum atomic E-state index is 0.0213. The van der Waals surface area contributed by atoms with Crippen molar-refractivity contribution in [2.24, 2.45) is 0 Å². The molecule has 0 aromatic carbocycles. The molecule has 0 radical (unpaired) electrons. The molecule has 0 amide bonds. The number of hydrogen-bond donors (Lipinski definition) is 0. The van der Waals surface area contributed by atoms with E-state index in [9.17, 15) is 4.79 Å². The van der Waals surface area contributed by atoms with Crippen LogP contribution in [0.25, 0.3) is 5.00 Å². The van der Waals surface area contributed by atoms with E-state index in [1.165, 1.54) is 0 Å². The molecule has 2 rings (SSSR count). The molecule has 13 heavy (non-hydrogen) atoms. The molecule has 0 spiro atoms. The average molecular weight is 191 g/mol. The van der Waals surface area contributed by atoms with Gasteiger partial charge in [0.2, 0.25) is 0 Å². The second-order valence-electron chi connectivity index (χ2n) is 2.87. The van der Waals surface area contributed by atoms with Crippen LogP contribution in [0.5, 0.6) is 0 Å². The molecule has 0 atom stereocenters. The molecule has 0 unspecified atom stereocenters. The van der Waals surface area contributed by atoms with Gasteiger partial charge in [-0.2, -0.15) is 0 Å². The summed E-state index contributed by atoms with van der Waals surface area (Å²) in [6, 6.07) is 7.29. The lowest BCUT2D eigenvalue weighted by molar-refractivity contribution is 0.998. The third kappa shape index (κ3) is 1.55. The highest BCUT2D eigenvalue weighted by atomic mass is 32.1. The van der Waals surface area contributed by atoms with Crippen LogP contribution in [-0.4, -0.2) is 4.57 Å². The van der Waals surface area contributed by atoms with Crippen LogP contribution in [0.2, 0.25) is 0 Å². The lowest BCUT2D eigenvalue weighted by atomic mass is 10.3. The topological polar surface area (TPSA) is 22.0 Å². The van der Waals surface area contributed by atoms with E-state index in [4.69, 9.17) is 0 Å². The maximum atomic E-state index is 11.4. The summed E-state index contributed by atoms with van der Waals surface area (Å²) in [4.78, 5) is 11.4. The molecular weight excluding hydrogens is 182 g/mol. The molecule has 3 heteroatoms. The van der Waals surface area contributed by atoms with Crippen molar-refractivity contribution < 1.29 is 0 Å². The molecule has 2 aromatic rings. The van der Waals surface area contributed by atoms with Gasteiger partial charge in [0.15, 0.2) is 0 Å². The lowest BCUT2D eigenvalue weighted by Crippen LogP contribution is -2.15. The molecule has 0 saturated carbocycles. The van der Waals surface area contributed by atoms with E-state index in [0.29, 0.717) is 0 Å². The van der Waals surface area contributed by atoms with Crippen molar-refractivity contribution in [3.8, 4) is 5.00 Å². The molecule has 0 fully saturated rings. The fraction of sp³-hybridized carbons (Fsp3) is 0.100. The average Bonchev–Trinajstić information content (AvgIpc) is 2.61. The van der Waals surface area contributed by atoms with Crippen molar-refractivity contribution >= 4 is 11.3 Å². The summed E-state index contributed by atoms with van der Waals surface area (Å²) in [6.45, 7) is 1.98. The molecule has 2 nitrogen and oxygen atoms in total. The van der Waals surface area contributed by atoms with Crippen molar-refractivity contribution in [3.63, 3.8) is 0 Å². The van der Waals surface area contributed by atoms with Crippen LogP contribution in [0.3, 0.4) is 0 Å². The Morgan fingerprint density at radius 1 is 1.31 bits per heavy atom. The van der Waals surface area contributed by atoms with Crippen LogP contribution >= 0.6 is 11.3 Å². The molecule has 0 aliphatic rings. The van der Waals surface area contributed by atoms with E-state index in [2.05, 4.69) is 0 Å². The molecule has 0 aliphatic heterocycles. The Hall–Kier alpha value is -1.35. The Kier molecular flexibility index (Phi) is 2.02. The number of aryl methyl sites for hydroxylation is 1. The van der Waals surface area contributed by atoms with Crippen LogP contribution in [-0.2, 0) is 0 Å². The fourth-order valence-corrected chi connectivity index (χ4v) is 1.88. The van der Waals surface area contributed by atoms with Crippen LogP contribution in [0.15, 0.2) is 40.6 Å². The molecule has 0 bridgehead atoms. The predicted octanol–water partition coefficient (Wildman–Crippen LogP) is 2.21. The number of thiophene rings is 1. The fourth-order valence-electron chi connectivity index (χ4n) is 1.17. The van der Waals surface area contributed by atoms with Crippen LogP contribution < -0.4 is 5.56 Å². The minimum Gasteiger partial charge on any atom is -0.275 e. The summed E-state index contributed by atoms with van der Waals surface area (Å²) in [5.41, 5.74) is 1.11. The first-order valence-corrected chi connectivity index (χ1v) is 4.88. The maximum absolute atomic E-state index is 11.4. The maximum Gasteiger partial charge on any atom is 0.255 e. The minimum absolute atomic E-state index is 0.0213. The van der Waals surface area contributed by atoms with E-state index < -0.39 is 0 Å². The normalized spacial score (nSPS) is 10.2. The van der Waals surface area contributed by atoms with Gasteiger partial charge in [0.1, 0.15) is 5.00 Å². The van der Waals surface area contributed by atoms with E-state index in [-0.39, 0.29) is 5.56 Å². The third-order valence-electron chi connectivity index (χ3n) is 1.80. The first-order chi connectivity index (χ1) is 6.27. The Labute approximate surface area is 80.1 Å². The van der Waals surface area contributed by atoms with Gasteiger partial charge in [-0.05, 0) is 30.0 Å². The first-order valence-electron chi connectivity index (χ1n) is 4.00. The SMILES string of the molecule is Cc1ccc(=O)n(-c2cccs2)c1. The summed E-state index contributed by atoms with van der Waals surface area (Å²) in [6.07, 6.45) is 1.86. The summed E-state index contributed by atoms with van der Waals surface area (Å²) < 4.78 is 1.67. The van der Waals surface area contributed by atoms with E-state index in [1.54, 1.807) is 22.0 Å². The summed E-state index contributed by atoms with van der Waals surface area (Å²) >= 11 is 1.56. The van der Waals surface area contributed by atoms with Gasteiger partial charge in [-0.15, -0.1) is 11.3 Å². The quantitative estimate of drug-likeness (QED) is 0.677. The van der Waals surface area contributed by atoms with Crippen molar-refractivity contribution in [2.75, 3.05) is 0 Å². The van der Waals surface area contributed by atoms with Gasteiger partial charge in [0.25, 0.3) is 5.56 Å². The molecule has 2 heterocycles. The van der Waals surface area contributed by atoms with Gasteiger partial charge in [-0.1, -0.05) is 6.07 Å². The standard InChI is InChI=1S/C10H9NOS/c1-8-4-5-9(12)11(7-8)10-3-2-6-13-10/h2-7H,1H3. The summed E-state index contributed by atoms with van der Waals surface area (Å²) in [5, 5.41) is 2.93. The summed E-state index contributed by atoms with van der Waals surface area (Å²) in [7, 11) is 0. The van der Waals surface area contributed by atoms with Gasteiger partial charge in [-0.3, -0.25) is 9.36 Å². The van der Waals surface area contributed by atoms with Crippen molar-refractivity contribution in [3.05, 3.63) is 51.8 Å². The number of pyridine rings is 1. The largest absolute Gasteiger partial charge is 0.275 e. The Balaban J connectivity index is 2.64. The van der Waals surface area contributed by atoms with Crippen LogP contribution in [0.4, 0.5) is 0 Å². The van der Waals surface area contributed by atoms with Gasteiger partial charge >= 0.3 is 0 Å². The zero-order valence-corrected chi connectivity index (χ0v) is 8.04. The Morgan fingerprint density at radius 2 is 2.15 bits per heavy atom. The van der Waals surface area contributed by atoms with E-state index >= 15 is 0 Å². The summed E-state index contributed by atoms with van der Waals surface area (Å²) in [5.74, 6) is 0. The molecule has 0 saturated heterocycles. The van der Waals surface area contributed by atoms with Gasteiger partial charge in [-0.25, -0.2) is 0 Å². The molecular formula is C10H9NOS.